The number of aryl methyl sites for hydroxylation is 1. The molecule has 0 unspecified atom stereocenters. The molecule has 6 heteroatoms. The van der Waals surface area contributed by atoms with Gasteiger partial charge >= 0.3 is 0 Å². The fraction of sp³-hybridized carbons (Fsp3) is 0.348. The number of amides is 1. The van der Waals surface area contributed by atoms with E-state index in [4.69, 9.17) is 4.74 Å². The van der Waals surface area contributed by atoms with Gasteiger partial charge in [0.05, 0.1) is 11.4 Å². The van der Waals surface area contributed by atoms with Crippen LogP contribution in [0.5, 0.6) is 5.75 Å². The molecule has 1 aliphatic carbocycles. The molecular formula is C23H25N3O3. The van der Waals surface area contributed by atoms with Crippen LogP contribution in [-0.2, 0) is 11.4 Å². The predicted molar refractivity (Wildman–Crippen MR) is 112 cm³/mol. The van der Waals surface area contributed by atoms with Gasteiger partial charge in [-0.1, -0.05) is 37.5 Å². The quantitative estimate of drug-likeness (QED) is 0.711. The summed E-state index contributed by atoms with van der Waals surface area (Å²) in [7, 11) is 0. The number of ether oxygens (including phenoxy) is 1. The van der Waals surface area contributed by atoms with Gasteiger partial charge in [-0.25, -0.2) is 4.98 Å². The van der Waals surface area contributed by atoms with Gasteiger partial charge in [0.1, 0.15) is 18.0 Å². The molecule has 6 nitrogen and oxygen atoms in total. The molecule has 29 heavy (non-hydrogen) atoms. The van der Waals surface area contributed by atoms with Gasteiger partial charge < -0.3 is 10.1 Å². The van der Waals surface area contributed by atoms with Crippen LogP contribution in [0.25, 0.3) is 5.65 Å². The second-order valence-electron chi connectivity index (χ2n) is 7.63. The van der Waals surface area contributed by atoms with Gasteiger partial charge in [-0.3, -0.25) is 14.0 Å². The number of para-hydroxylation sites is 2. The maximum Gasteiger partial charge on any atom is 0.258 e. The Bertz CT molecular complexity index is 1080. The highest BCUT2D eigenvalue weighted by Gasteiger charge is 2.22. The molecule has 1 N–H and O–H groups in total. The maximum atomic E-state index is 12.6. The summed E-state index contributed by atoms with van der Waals surface area (Å²) < 4.78 is 7.44. The first kappa shape index (κ1) is 19.2. The summed E-state index contributed by atoms with van der Waals surface area (Å²) in [6.45, 7) is 2.08. The lowest BCUT2D eigenvalue weighted by Crippen LogP contribution is -2.25. The second-order valence-corrected chi connectivity index (χ2v) is 7.63. The minimum Gasteiger partial charge on any atom is -0.485 e. The minimum atomic E-state index is -0.142. The van der Waals surface area contributed by atoms with E-state index in [0.717, 1.165) is 31.2 Å². The van der Waals surface area contributed by atoms with Crippen molar-refractivity contribution in [3.63, 3.8) is 0 Å². The zero-order valence-electron chi connectivity index (χ0n) is 16.6. The van der Waals surface area contributed by atoms with Crippen LogP contribution in [0.4, 0.5) is 5.69 Å². The molecule has 1 amide bonds. The number of carbonyl (C=O) groups is 1. The topological polar surface area (TPSA) is 72.7 Å². The van der Waals surface area contributed by atoms with Crippen molar-refractivity contribution in [3.05, 3.63) is 70.3 Å². The lowest BCUT2D eigenvalue weighted by molar-refractivity contribution is -0.120. The molecule has 1 saturated carbocycles. The highest BCUT2D eigenvalue weighted by molar-refractivity contribution is 5.94. The van der Waals surface area contributed by atoms with E-state index in [9.17, 15) is 9.59 Å². The normalized spacial score (nSPS) is 14.7. The average molecular weight is 391 g/mol. The predicted octanol–water partition coefficient (Wildman–Crippen LogP) is 4.10. The van der Waals surface area contributed by atoms with E-state index in [1.54, 1.807) is 6.20 Å². The fourth-order valence-corrected chi connectivity index (χ4v) is 3.78. The fourth-order valence-electron chi connectivity index (χ4n) is 3.78. The van der Waals surface area contributed by atoms with Gasteiger partial charge in [0, 0.05) is 18.2 Å². The Kier molecular flexibility index (Phi) is 5.60. The average Bonchev–Trinajstić information content (AvgIpc) is 2.74. The number of pyridine rings is 1. The number of benzene rings is 1. The molecule has 2 aromatic heterocycles. The van der Waals surface area contributed by atoms with Gasteiger partial charge in [-0.15, -0.1) is 0 Å². The van der Waals surface area contributed by atoms with Crippen LogP contribution in [0, 0.1) is 12.8 Å². The molecule has 0 saturated heterocycles. The summed E-state index contributed by atoms with van der Waals surface area (Å²) in [5.74, 6) is 0.697. The van der Waals surface area contributed by atoms with Crippen LogP contribution in [0.3, 0.4) is 0 Å². The number of rotatable bonds is 5. The molecule has 4 rings (SSSR count). The monoisotopic (exact) mass is 391 g/mol. The third-order valence-electron chi connectivity index (χ3n) is 5.36. The molecule has 150 valence electrons. The Balaban J connectivity index is 1.49. The highest BCUT2D eigenvalue weighted by atomic mass is 16.5. The SMILES string of the molecule is Cc1ccc2nc(COc3ccccc3NC(=O)C3CCCCC3)cc(=O)n2c1. The largest absolute Gasteiger partial charge is 0.485 e. The van der Waals surface area contributed by atoms with Gasteiger partial charge in [-0.05, 0) is 43.5 Å². The number of hydrogen-bond acceptors (Lipinski definition) is 4. The second kappa shape index (κ2) is 8.47. The van der Waals surface area contributed by atoms with Gasteiger partial charge in [0.15, 0.2) is 0 Å². The van der Waals surface area contributed by atoms with Gasteiger partial charge in [-0.2, -0.15) is 0 Å². The number of nitrogens with zero attached hydrogens (tertiary/aromatic N) is 2. The molecular weight excluding hydrogens is 366 g/mol. The summed E-state index contributed by atoms with van der Waals surface area (Å²) >= 11 is 0. The van der Waals surface area contributed by atoms with Crippen molar-refractivity contribution >= 4 is 17.2 Å². The molecule has 0 atom stereocenters. The molecule has 0 radical (unpaired) electrons. The van der Waals surface area contributed by atoms with Crippen molar-refractivity contribution in [3.8, 4) is 5.75 Å². The number of fused-ring (bicyclic) bond motifs is 1. The number of anilines is 1. The van der Waals surface area contributed by atoms with Crippen LogP contribution in [0.2, 0.25) is 0 Å². The smallest absolute Gasteiger partial charge is 0.258 e. The van der Waals surface area contributed by atoms with Crippen molar-refractivity contribution in [1.29, 1.82) is 0 Å². The number of aromatic nitrogens is 2. The zero-order chi connectivity index (χ0) is 20.2. The third kappa shape index (κ3) is 4.47. The molecule has 0 spiro atoms. The van der Waals surface area contributed by atoms with E-state index in [-0.39, 0.29) is 24.0 Å². The molecule has 3 aromatic rings. The molecule has 0 aliphatic heterocycles. The standard InChI is InChI=1S/C23H25N3O3/c1-16-11-12-21-24-18(13-22(27)26(21)14-16)15-29-20-10-6-5-9-19(20)25-23(28)17-7-3-2-4-8-17/h5-6,9-14,17H,2-4,7-8,15H2,1H3,(H,25,28). The number of carbonyl (C=O) groups excluding carboxylic acids is 1. The van der Waals surface area contributed by atoms with Crippen molar-refractivity contribution in [2.45, 2.75) is 45.6 Å². The Morgan fingerprint density at radius 3 is 2.79 bits per heavy atom. The Labute approximate surface area is 169 Å². The summed E-state index contributed by atoms with van der Waals surface area (Å²) in [6, 6.07) is 12.6. The molecule has 1 aromatic carbocycles. The first-order chi connectivity index (χ1) is 14.1. The van der Waals surface area contributed by atoms with E-state index in [2.05, 4.69) is 10.3 Å². The Morgan fingerprint density at radius 2 is 1.97 bits per heavy atom. The van der Waals surface area contributed by atoms with Gasteiger partial charge in [0.2, 0.25) is 5.91 Å². The van der Waals surface area contributed by atoms with Gasteiger partial charge in [0.25, 0.3) is 5.56 Å². The van der Waals surface area contributed by atoms with E-state index < -0.39 is 0 Å². The van der Waals surface area contributed by atoms with E-state index in [0.29, 0.717) is 22.8 Å². The van der Waals surface area contributed by atoms with Crippen molar-refractivity contribution < 1.29 is 9.53 Å². The van der Waals surface area contributed by atoms with Crippen LogP contribution in [-0.4, -0.2) is 15.3 Å². The van der Waals surface area contributed by atoms with E-state index >= 15 is 0 Å². The highest BCUT2D eigenvalue weighted by Crippen LogP contribution is 2.28. The van der Waals surface area contributed by atoms with Crippen molar-refractivity contribution in [2.75, 3.05) is 5.32 Å². The lowest BCUT2D eigenvalue weighted by atomic mass is 9.88. The van der Waals surface area contributed by atoms with Crippen LogP contribution in [0.15, 0.2) is 53.5 Å². The summed E-state index contributed by atoms with van der Waals surface area (Å²) in [6.07, 6.45) is 7.09. The van der Waals surface area contributed by atoms with Crippen LogP contribution < -0.4 is 15.6 Å². The number of hydrogen-bond donors (Lipinski definition) is 1. The zero-order valence-corrected chi connectivity index (χ0v) is 16.6. The third-order valence-corrected chi connectivity index (χ3v) is 5.36. The summed E-state index contributed by atoms with van der Waals surface area (Å²) in [5.41, 5.74) is 2.63. The lowest BCUT2D eigenvalue weighted by Gasteiger charge is -2.21. The van der Waals surface area contributed by atoms with E-state index in [1.165, 1.54) is 16.9 Å². The first-order valence-corrected chi connectivity index (χ1v) is 10.1. The van der Waals surface area contributed by atoms with E-state index in [1.807, 2.05) is 43.3 Å². The molecule has 2 heterocycles. The molecule has 1 fully saturated rings. The summed E-state index contributed by atoms with van der Waals surface area (Å²) in [5, 5.41) is 3.01. The Morgan fingerprint density at radius 1 is 1.17 bits per heavy atom. The molecule has 0 bridgehead atoms. The minimum absolute atomic E-state index is 0.0539. The Hall–Kier alpha value is -3.15. The van der Waals surface area contributed by atoms with Crippen molar-refractivity contribution in [2.24, 2.45) is 5.92 Å². The molecule has 1 aliphatic rings. The van der Waals surface area contributed by atoms with Crippen LogP contribution in [0.1, 0.15) is 43.4 Å². The van der Waals surface area contributed by atoms with Crippen LogP contribution >= 0.6 is 0 Å². The maximum absolute atomic E-state index is 12.6. The summed E-state index contributed by atoms with van der Waals surface area (Å²) in [4.78, 5) is 29.5. The first-order valence-electron chi connectivity index (χ1n) is 10.1. The van der Waals surface area contributed by atoms with Crippen molar-refractivity contribution in [1.82, 2.24) is 9.38 Å². The number of nitrogens with one attached hydrogen (secondary N) is 1.